The van der Waals surface area contributed by atoms with E-state index in [0.29, 0.717) is 0 Å². The molecule has 2 nitrogen and oxygen atoms in total. The van der Waals surface area contributed by atoms with Crippen LogP contribution in [0.3, 0.4) is 0 Å². The van der Waals surface area contributed by atoms with Crippen molar-refractivity contribution in [2.45, 2.75) is 0 Å². The van der Waals surface area contributed by atoms with Gasteiger partial charge in [-0.25, -0.2) is 0 Å². The highest BCUT2D eigenvalue weighted by molar-refractivity contribution is 6.12. The summed E-state index contributed by atoms with van der Waals surface area (Å²) < 4.78 is 6.25. The van der Waals surface area contributed by atoms with Crippen molar-refractivity contribution in [1.29, 1.82) is 0 Å². The lowest BCUT2D eigenvalue weighted by molar-refractivity contribution is 0.669. The lowest BCUT2D eigenvalue weighted by Crippen LogP contribution is -2.10. The molecule has 0 saturated carbocycles. The van der Waals surface area contributed by atoms with Crippen LogP contribution in [0.5, 0.6) is 0 Å². The molecule has 0 aliphatic rings. The van der Waals surface area contributed by atoms with E-state index >= 15 is 0 Å². The highest BCUT2D eigenvalue weighted by Crippen LogP contribution is 2.44. The number of furan rings is 1. The monoisotopic (exact) mass is 739 g/mol. The Balaban J connectivity index is 1.01. The molecule has 11 rings (SSSR count). The number of nitrogens with zero attached hydrogens (tertiary/aromatic N) is 1. The Hall–Kier alpha value is -7.68. The van der Waals surface area contributed by atoms with E-state index in [1.165, 1.54) is 54.9 Å². The third kappa shape index (κ3) is 5.82. The summed E-state index contributed by atoms with van der Waals surface area (Å²) in [6.45, 7) is 0. The molecule has 0 aliphatic heterocycles. The highest BCUT2D eigenvalue weighted by atomic mass is 16.3. The number of hydrogen-bond donors (Lipinski definition) is 0. The van der Waals surface area contributed by atoms with Gasteiger partial charge in [-0.15, -0.1) is 0 Å². The number of rotatable bonds is 7. The van der Waals surface area contributed by atoms with Crippen LogP contribution in [-0.2, 0) is 0 Å². The third-order valence-electron chi connectivity index (χ3n) is 11.5. The Labute approximate surface area is 337 Å². The van der Waals surface area contributed by atoms with E-state index in [9.17, 15) is 0 Å². The third-order valence-corrected chi connectivity index (χ3v) is 11.5. The van der Waals surface area contributed by atoms with Gasteiger partial charge < -0.3 is 9.32 Å². The Morgan fingerprint density at radius 3 is 1.52 bits per heavy atom. The van der Waals surface area contributed by atoms with Crippen molar-refractivity contribution in [3.8, 4) is 44.5 Å². The molecule has 0 fully saturated rings. The number of fused-ring (bicyclic) bond motifs is 5. The molecule has 0 N–H and O–H groups in total. The van der Waals surface area contributed by atoms with Gasteiger partial charge in [0, 0.05) is 27.5 Å². The van der Waals surface area contributed by atoms with Gasteiger partial charge >= 0.3 is 0 Å². The minimum atomic E-state index is 0.901. The van der Waals surface area contributed by atoms with Crippen molar-refractivity contribution in [3.63, 3.8) is 0 Å². The van der Waals surface area contributed by atoms with E-state index in [4.69, 9.17) is 4.42 Å². The summed E-state index contributed by atoms with van der Waals surface area (Å²) in [5.74, 6) is 0. The fourth-order valence-electron chi connectivity index (χ4n) is 8.70. The van der Waals surface area contributed by atoms with E-state index in [2.05, 4.69) is 217 Å². The minimum absolute atomic E-state index is 0.901. The van der Waals surface area contributed by atoms with E-state index < -0.39 is 0 Å². The molecule has 1 aromatic heterocycles. The summed E-state index contributed by atoms with van der Waals surface area (Å²) in [6, 6.07) is 80.7. The van der Waals surface area contributed by atoms with Crippen LogP contribution < -0.4 is 4.90 Å². The zero-order valence-corrected chi connectivity index (χ0v) is 31.7. The van der Waals surface area contributed by atoms with Crippen LogP contribution in [0, 0.1) is 0 Å². The Bertz CT molecular complexity index is 3250. The summed E-state index contributed by atoms with van der Waals surface area (Å²) in [6.07, 6.45) is 0. The van der Waals surface area contributed by atoms with Crippen LogP contribution in [0.1, 0.15) is 0 Å². The average molecular weight is 740 g/mol. The van der Waals surface area contributed by atoms with Crippen molar-refractivity contribution < 1.29 is 4.42 Å². The van der Waals surface area contributed by atoms with Gasteiger partial charge in [0.15, 0.2) is 0 Å². The molecular weight excluding hydrogens is 703 g/mol. The Morgan fingerprint density at radius 2 is 0.759 bits per heavy atom. The van der Waals surface area contributed by atoms with Gasteiger partial charge in [0.2, 0.25) is 0 Å². The first-order chi connectivity index (χ1) is 28.8. The van der Waals surface area contributed by atoms with Crippen molar-refractivity contribution in [2.75, 3.05) is 4.90 Å². The molecule has 0 unspecified atom stereocenters. The van der Waals surface area contributed by atoms with Crippen LogP contribution in [0.4, 0.5) is 17.1 Å². The van der Waals surface area contributed by atoms with Gasteiger partial charge in [-0.05, 0) is 103 Å². The molecule has 11 aromatic rings. The molecule has 0 amide bonds. The van der Waals surface area contributed by atoms with Gasteiger partial charge in [0.05, 0.1) is 5.69 Å². The Kier molecular flexibility index (Phi) is 8.19. The lowest BCUT2D eigenvalue weighted by Gasteiger charge is -2.28. The van der Waals surface area contributed by atoms with Crippen LogP contribution in [0.2, 0.25) is 0 Å². The number of benzene rings is 10. The molecule has 2 heteroatoms. The Morgan fingerprint density at radius 1 is 0.276 bits per heavy atom. The molecule has 10 aromatic carbocycles. The average Bonchev–Trinajstić information content (AvgIpc) is 3.69. The summed E-state index contributed by atoms with van der Waals surface area (Å²) in [4.78, 5) is 2.39. The minimum Gasteiger partial charge on any atom is -0.456 e. The first-order valence-electron chi connectivity index (χ1n) is 19.8. The van der Waals surface area contributed by atoms with Crippen LogP contribution >= 0.6 is 0 Å². The molecule has 0 bridgehead atoms. The maximum absolute atomic E-state index is 6.25. The first kappa shape index (κ1) is 33.6. The van der Waals surface area contributed by atoms with Gasteiger partial charge in [-0.3, -0.25) is 0 Å². The van der Waals surface area contributed by atoms with Crippen molar-refractivity contribution in [2.24, 2.45) is 0 Å². The SMILES string of the molecule is c1ccc(-c2ccc(N(c3ccc(-c4ccc(-c5cccc6ccccc56)cc4)cc3)c3ccc(-c4cccc5oc6ccccc6c45)cc3)c3ccccc23)cc1. The molecule has 272 valence electrons. The number of anilines is 3. The van der Waals surface area contributed by atoms with Crippen LogP contribution in [0.25, 0.3) is 88.0 Å². The number of para-hydroxylation sites is 1. The summed E-state index contributed by atoms with van der Waals surface area (Å²) in [7, 11) is 0. The normalized spacial score (nSPS) is 11.4. The van der Waals surface area contributed by atoms with Gasteiger partial charge in [0.1, 0.15) is 11.2 Å². The van der Waals surface area contributed by atoms with Crippen molar-refractivity contribution >= 4 is 60.5 Å². The van der Waals surface area contributed by atoms with Gasteiger partial charge in [-0.2, -0.15) is 0 Å². The molecule has 0 spiro atoms. The second-order valence-electron chi connectivity index (χ2n) is 14.9. The first-order valence-corrected chi connectivity index (χ1v) is 19.8. The predicted octanol–water partition coefficient (Wildman–Crippen LogP) is 16.0. The summed E-state index contributed by atoms with van der Waals surface area (Å²) in [5.41, 5.74) is 14.7. The highest BCUT2D eigenvalue weighted by Gasteiger charge is 2.19. The molecular formula is C56H37NO. The van der Waals surface area contributed by atoms with Crippen LogP contribution in [0.15, 0.2) is 229 Å². The van der Waals surface area contributed by atoms with E-state index in [0.717, 1.165) is 50.1 Å². The van der Waals surface area contributed by atoms with Gasteiger partial charge in [-0.1, -0.05) is 182 Å². The van der Waals surface area contributed by atoms with Crippen LogP contribution in [-0.4, -0.2) is 0 Å². The molecule has 58 heavy (non-hydrogen) atoms. The second kappa shape index (κ2) is 14.1. The molecule has 0 aliphatic carbocycles. The zero-order chi connectivity index (χ0) is 38.4. The molecule has 0 atom stereocenters. The molecule has 1 heterocycles. The maximum atomic E-state index is 6.25. The quantitative estimate of drug-likeness (QED) is 0.162. The van der Waals surface area contributed by atoms with Crippen molar-refractivity contribution in [3.05, 3.63) is 224 Å². The van der Waals surface area contributed by atoms with E-state index in [-0.39, 0.29) is 0 Å². The molecule has 0 radical (unpaired) electrons. The fourth-order valence-corrected chi connectivity index (χ4v) is 8.70. The second-order valence-corrected chi connectivity index (χ2v) is 14.9. The lowest BCUT2D eigenvalue weighted by atomic mass is 9.95. The van der Waals surface area contributed by atoms with E-state index in [1.54, 1.807) is 0 Å². The zero-order valence-electron chi connectivity index (χ0n) is 31.7. The maximum Gasteiger partial charge on any atom is 0.136 e. The molecule has 0 saturated heterocycles. The standard InChI is InChI=1S/C56H37NO/c1-2-12-40(13-3-1)48-36-37-53(51-18-7-6-17-50(48)51)57(45-34-30-43(31-35-45)49-21-11-23-55-56(49)52-19-8-9-22-54(52)58-55)44-32-28-39(29-33-44)38-24-26-42(27-25-38)47-20-10-15-41-14-4-5-16-46(41)47/h1-37H. The van der Waals surface area contributed by atoms with Crippen molar-refractivity contribution in [1.82, 2.24) is 0 Å². The number of hydrogen-bond acceptors (Lipinski definition) is 2. The smallest absolute Gasteiger partial charge is 0.136 e. The fraction of sp³-hybridized carbons (Fsp3) is 0. The largest absolute Gasteiger partial charge is 0.456 e. The van der Waals surface area contributed by atoms with Gasteiger partial charge in [0.25, 0.3) is 0 Å². The summed E-state index contributed by atoms with van der Waals surface area (Å²) >= 11 is 0. The summed E-state index contributed by atoms with van der Waals surface area (Å²) in [5, 5.41) is 7.21. The van der Waals surface area contributed by atoms with E-state index in [1.807, 2.05) is 12.1 Å². The topological polar surface area (TPSA) is 16.4 Å². The predicted molar refractivity (Wildman–Crippen MR) is 245 cm³/mol.